The van der Waals surface area contributed by atoms with Crippen LogP contribution in [-0.2, 0) is 9.63 Å². The van der Waals surface area contributed by atoms with E-state index in [1.807, 2.05) is 24.4 Å². The van der Waals surface area contributed by atoms with Crippen molar-refractivity contribution >= 4 is 40.2 Å². The second-order valence-electron chi connectivity index (χ2n) is 3.96. The van der Waals surface area contributed by atoms with E-state index >= 15 is 0 Å². The maximum Gasteiger partial charge on any atom is 0.265 e. The lowest BCUT2D eigenvalue weighted by molar-refractivity contribution is -0.120. The molecule has 0 spiro atoms. The number of hydrogen-bond donors (Lipinski definition) is 1. The van der Waals surface area contributed by atoms with Crippen molar-refractivity contribution in [2.24, 2.45) is 5.16 Å². The first-order valence-electron chi connectivity index (χ1n) is 5.91. The van der Waals surface area contributed by atoms with Crippen LogP contribution in [0.2, 0.25) is 5.02 Å². The number of rotatable bonds is 5. The Balaban J connectivity index is 1.84. The molecule has 0 fully saturated rings. The molecule has 1 aromatic carbocycles. The first kappa shape index (κ1) is 14.6. The van der Waals surface area contributed by atoms with E-state index in [4.69, 9.17) is 16.4 Å². The number of anilines is 1. The molecule has 2 rings (SSSR count). The molecule has 20 heavy (non-hydrogen) atoms. The van der Waals surface area contributed by atoms with E-state index in [1.165, 1.54) is 0 Å². The number of nitrogens with zero attached hydrogens (tertiary/aromatic N) is 1. The first-order chi connectivity index (χ1) is 9.66. The summed E-state index contributed by atoms with van der Waals surface area (Å²) in [6.45, 7) is 1.67. The number of para-hydroxylation sites is 1. The van der Waals surface area contributed by atoms with Crippen LogP contribution in [0.4, 0.5) is 5.69 Å². The average molecular weight is 309 g/mol. The minimum absolute atomic E-state index is 0.159. The van der Waals surface area contributed by atoms with Gasteiger partial charge >= 0.3 is 0 Å². The molecule has 0 aliphatic carbocycles. The summed E-state index contributed by atoms with van der Waals surface area (Å²) in [5.74, 6) is -0.305. The van der Waals surface area contributed by atoms with Gasteiger partial charge in [0.15, 0.2) is 6.61 Å². The molecule has 0 unspecified atom stereocenters. The Bertz CT molecular complexity index is 611. The van der Waals surface area contributed by atoms with Crippen molar-refractivity contribution in [1.29, 1.82) is 0 Å². The number of nitrogens with one attached hydrogen (secondary N) is 1. The molecule has 0 aliphatic rings. The van der Waals surface area contributed by atoms with Crippen LogP contribution < -0.4 is 5.32 Å². The monoisotopic (exact) mass is 308 g/mol. The summed E-state index contributed by atoms with van der Waals surface area (Å²) in [5, 5.41) is 9.00. The van der Waals surface area contributed by atoms with E-state index in [2.05, 4.69) is 10.5 Å². The minimum Gasteiger partial charge on any atom is -0.385 e. The van der Waals surface area contributed by atoms with Crippen LogP contribution in [0, 0.1) is 0 Å². The van der Waals surface area contributed by atoms with E-state index in [1.54, 1.807) is 35.6 Å². The van der Waals surface area contributed by atoms with Crippen molar-refractivity contribution < 1.29 is 9.63 Å². The Morgan fingerprint density at radius 1 is 1.35 bits per heavy atom. The predicted molar refractivity (Wildman–Crippen MR) is 82.6 cm³/mol. The molecule has 2 aromatic rings. The van der Waals surface area contributed by atoms with Crippen molar-refractivity contribution in [3.8, 4) is 0 Å². The summed E-state index contributed by atoms with van der Waals surface area (Å²) >= 11 is 7.50. The number of thiophene rings is 1. The van der Waals surface area contributed by atoms with Gasteiger partial charge in [-0.1, -0.05) is 35.0 Å². The summed E-state index contributed by atoms with van der Waals surface area (Å²) in [6, 6.07) is 10.9. The molecular formula is C14H13ClN2O2S. The highest BCUT2D eigenvalue weighted by Crippen LogP contribution is 2.20. The maximum absolute atomic E-state index is 11.7. The Kier molecular flexibility index (Phi) is 5.15. The highest BCUT2D eigenvalue weighted by Gasteiger charge is 2.06. The van der Waals surface area contributed by atoms with Gasteiger partial charge in [0, 0.05) is 0 Å². The van der Waals surface area contributed by atoms with Gasteiger partial charge in [0.25, 0.3) is 5.91 Å². The molecule has 4 nitrogen and oxygen atoms in total. The van der Waals surface area contributed by atoms with Crippen LogP contribution in [0.15, 0.2) is 46.9 Å². The van der Waals surface area contributed by atoms with Crippen LogP contribution in [0.25, 0.3) is 0 Å². The maximum atomic E-state index is 11.7. The van der Waals surface area contributed by atoms with Gasteiger partial charge < -0.3 is 10.2 Å². The molecule has 0 radical (unpaired) electrons. The van der Waals surface area contributed by atoms with Crippen molar-refractivity contribution in [3.63, 3.8) is 0 Å². The zero-order chi connectivity index (χ0) is 14.4. The summed E-state index contributed by atoms with van der Waals surface area (Å²) in [6.07, 6.45) is 0. The van der Waals surface area contributed by atoms with Crippen molar-refractivity contribution in [2.45, 2.75) is 6.92 Å². The fraction of sp³-hybridized carbons (Fsp3) is 0.143. The number of hydrogen-bond acceptors (Lipinski definition) is 4. The molecule has 1 amide bonds. The molecule has 0 atom stereocenters. The van der Waals surface area contributed by atoms with Crippen LogP contribution in [0.5, 0.6) is 0 Å². The number of carbonyl (C=O) groups is 1. The number of halogens is 1. The van der Waals surface area contributed by atoms with Crippen LogP contribution in [-0.4, -0.2) is 18.2 Å². The highest BCUT2D eigenvalue weighted by molar-refractivity contribution is 7.12. The predicted octanol–water partition coefficient (Wildman–Crippen LogP) is 3.78. The van der Waals surface area contributed by atoms with Crippen LogP contribution in [0.3, 0.4) is 0 Å². The zero-order valence-electron chi connectivity index (χ0n) is 10.8. The van der Waals surface area contributed by atoms with Crippen LogP contribution >= 0.6 is 22.9 Å². The Morgan fingerprint density at radius 3 is 2.85 bits per heavy atom. The summed E-state index contributed by atoms with van der Waals surface area (Å²) in [4.78, 5) is 17.7. The Morgan fingerprint density at radius 2 is 2.15 bits per heavy atom. The molecular weight excluding hydrogens is 296 g/mol. The van der Waals surface area contributed by atoms with Gasteiger partial charge in [-0.2, -0.15) is 0 Å². The average Bonchev–Trinajstić information content (AvgIpc) is 2.95. The van der Waals surface area contributed by atoms with E-state index < -0.39 is 0 Å². The lowest BCUT2D eigenvalue weighted by Crippen LogP contribution is -2.17. The largest absolute Gasteiger partial charge is 0.385 e. The van der Waals surface area contributed by atoms with E-state index in [-0.39, 0.29) is 12.5 Å². The quantitative estimate of drug-likeness (QED) is 0.675. The standard InChI is InChI=1S/C14H13ClN2O2S/c1-10(13-7-4-8-20-13)17-19-9-14(18)16-12-6-3-2-5-11(12)15/h2-8H,9H2,1H3,(H,16,18). The molecule has 0 bridgehead atoms. The van der Waals surface area contributed by atoms with Gasteiger partial charge in [-0.25, -0.2) is 0 Å². The van der Waals surface area contributed by atoms with Gasteiger partial charge in [0.05, 0.1) is 21.3 Å². The zero-order valence-corrected chi connectivity index (χ0v) is 12.4. The van der Waals surface area contributed by atoms with Crippen LogP contribution in [0.1, 0.15) is 11.8 Å². The van der Waals surface area contributed by atoms with E-state index in [0.717, 1.165) is 10.6 Å². The van der Waals surface area contributed by atoms with Crippen molar-refractivity contribution in [3.05, 3.63) is 51.7 Å². The molecule has 1 heterocycles. The molecule has 1 N–H and O–H groups in total. The molecule has 104 valence electrons. The lowest BCUT2D eigenvalue weighted by atomic mass is 10.3. The summed E-state index contributed by atoms with van der Waals surface area (Å²) in [7, 11) is 0. The smallest absolute Gasteiger partial charge is 0.265 e. The Labute approximate surface area is 126 Å². The lowest BCUT2D eigenvalue weighted by Gasteiger charge is -2.06. The van der Waals surface area contributed by atoms with Gasteiger partial charge in [-0.15, -0.1) is 11.3 Å². The third-order valence-corrected chi connectivity index (χ3v) is 3.73. The molecule has 1 aromatic heterocycles. The fourth-order valence-corrected chi connectivity index (χ4v) is 2.32. The second-order valence-corrected chi connectivity index (χ2v) is 5.31. The number of carbonyl (C=O) groups excluding carboxylic acids is 1. The van der Waals surface area contributed by atoms with Gasteiger partial charge in [0.2, 0.25) is 0 Å². The third-order valence-electron chi connectivity index (χ3n) is 2.42. The summed E-state index contributed by atoms with van der Waals surface area (Å²) in [5.41, 5.74) is 1.30. The molecule has 6 heteroatoms. The van der Waals surface area contributed by atoms with Gasteiger partial charge in [-0.3, -0.25) is 4.79 Å². The topological polar surface area (TPSA) is 50.7 Å². The number of benzene rings is 1. The normalized spacial score (nSPS) is 11.2. The first-order valence-corrected chi connectivity index (χ1v) is 7.17. The van der Waals surface area contributed by atoms with E-state index in [9.17, 15) is 4.79 Å². The second kappa shape index (κ2) is 7.07. The molecule has 0 aliphatic heterocycles. The van der Waals surface area contributed by atoms with Crippen molar-refractivity contribution in [2.75, 3.05) is 11.9 Å². The minimum atomic E-state index is -0.305. The van der Waals surface area contributed by atoms with Gasteiger partial charge in [-0.05, 0) is 30.5 Å². The highest BCUT2D eigenvalue weighted by atomic mass is 35.5. The SMILES string of the molecule is CC(=NOCC(=O)Nc1ccccc1Cl)c1cccs1. The van der Waals surface area contributed by atoms with Gasteiger partial charge in [0.1, 0.15) is 0 Å². The summed E-state index contributed by atoms with van der Waals surface area (Å²) < 4.78 is 0. The molecule has 0 saturated carbocycles. The molecule has 0 saturated heterocycles. The van der Waals surface area contributed by atoms with Crippen molar-refractivity contribution in [1.82, 2.24) is 0 Å². The van der Waals surface area contributed by atoms with E-state index in [0.29, 0.717) is 10.7 Å². The fourth-order valence-electron chi connectivity index (χ4n) is 1.47. The Hall–Kier alpha value is -1.85. The number of oxime groups is 1. The third kappa shape index (κ3) is 4.08. The number of amides is 1.